The molecule has 0 atom stereocenters. The number of para-hydroxylation sites is 1. The first-order chi connectivity index (χ1) is 12.8. The number of nitrogens with one attached hydrogen (secondary N) is 2. The van der Waals surface area contributed by atoms with Crippen LogP contribution in [0.2, 0.25) is 0 Å². The van der Waals surface area contributed by atoms with E-state index in [2.05, 4.69) is 10.0 Å². The molecule has 2 N–H and O–H groups in total. The first-order valence-corrected chi connectivity index (χ1v) is 10.3. The minimum Gasteiger partial charge on any atom is -0.321 e. The molecule has 1 aliphatic carbocycles. The summed E-state index contributed by atoms with van der Waals surface area (Å²) in [5.41, 5.74) is 0.0436. The van der Waals surface area contributed by atoms with Crippen LogP contribution in [0.25, 0.3) is 0 Å². The third kappa shape index (κ3) is 5.02. The molecule has 0 aliphatic heterocycles. The average Bonchev–Trinajstić information content (AvgIpc) is 3.39. The van der Waals surface area contributed by atoms with E-state index in [1.54, 1.807) is 12.1 Å². The van der Waals surface area contributed by atoms with E-state index >= 15 is 0 Å². The lowest BCUT2D eigenvalue weighted by molar-refractivity contribution is 0.102. The number of benzene rings is 2. The molecule has 0 unspecified atom stereocenters. The van der Waals surface area contributed by atoms with Gasteiger partial charge in [0.2, 0.25) is 10.0 Å². The zero-order valence-corrected chi connectivity index (χ0v) is 15.4. The molecule has 0 spiro atoms. The van der Waals surface area contributed by atoms with Crippen molar-refractivity contribution >= 4 is 33.4 Å². The van der Waals surface area contributed by atoms with Crippen molar-refractivity contribution in [1.29, 1.82) is 0 Å². The second kappa shape index (κ2) is 7.91. The molecular formula is C17H15F3N2O3S2. The summed E-state index contributed by atoms with van der Waals surface area (Å²) < 4.78 is 66.1. The van der Waals surface area contributed by atoms with Crippen LogP contribution in [0, 0.1) is 5.82 Å². The number of carbonyl (C=O) groups excluding carboxylic acids is 1. The van der Waals surface area contributed by atoms with Crippen molar-refractivity contribution < 1.29 is 26.4 Å². The van der Waals surface area contributed by atoms with Crippen molar-refractivity contribution in [3.05, 3.63) is 53.8 Å². The van der Waals surface area contributed by atoms with Crippen LogP contribution in [0.4, 0.5) is 18.9 Å². The molecule has 3 rings (SSSR count). The Hall–Kier alpha value is -2.04. The van der Waals surface area contributed by atoms with Gasteiger partial charge in [-0.15, -0.1) is 0 Å². The van der Waals surface area contributed by atoms with E-state index in [9.17, 15) is 26.4 Å². The molecule has 1 fully saturated rings. The van der Waals surface area contributed by atoms with Gasteiger partial charge in [0, 0.05) is 16.5 Å². The lowest BCUT2D eigenvalue weighted by Crippen LogP contribution is -2.27. The van der Waals surface area contributed by atoms with Crippen LogP contribution in [-0.2, 0) is 10.0 Å². The van der Waals surface area contributed by atoms with Crippen LogP contribution < -0.4 is 10.0 Å². The summed E-state index contributed by atoms with van der Waals surface area (Å²) in [4.78, 5) is 12.0. The number of thioether (sulfide) groups is 1. The number of rotatable bonds is 7. The van der Waals surface area contributed by atoms with Gasteiger partial charge in [-0.05, 0) is 43.2 Å². The molecule has 1 saturated carbocycles. The molecule has 0 aromatic heterocycles. The second-order valence-electron chi connectivity index (χ2n) is 5.87. The summed E-state index contributed by atoms with van der Waals surface area (Å²) in [6.07, 6.45) is 1.36. The number of anilines is 1. The van der Waals surface area contributed by atoms with Gasteiger partial charge in [0.05, 0.1) is 5.69 Å². The molecule has 0 saturated heterocycles. The van der Waals surface area contributed by atoms with Crippen LogP contribution in [0.3, 0.4) is 0 Å². The predicted octanol–water partition coefficient (Wildman–Crippen LogP) is 3.83. The summed E-state index contributed by atoms with van der Waals surface area (Å²) >= 11 is 0.272. The van der Waals surface area contributed by atoms with Crippen molar-refractivity contribution in [1.82, 2.24) is 4.72 Å². The molecule has 2 aromatic rings. The Morgan fingerprint density at radius 2 is 1.85 bits per heavy atom. The Bertz CT molecular complexity index is 964. The summed E-state index contributed by atoms with van der Waals surface area (Å²) in [5.74, 6) is -4.38. The normalized spacial score (nSPS) is 14.4. The Morgan fingerprint density at radius 1 is 1.15 bits per heavy atom. The van der Waals surface area contributed by atoms with Gasteiger partial charge in [-0.25, -0.2) is 17.5 Å². The minimum absolute atomic E-state index is 0.107. The summed E-state index contributed by atoms with van der Waals surface area (Å²) in [6, 6.07) is 8.70. The van der Waals surface area contributed by atoms with E-state index < -0.39 is 32.4 Å². The number of sulfonamides is 1. The summed E-state index contributed by atoms with van der Waals surface area (Å²) in [7, 11) is -4.09. The van der Waals surface area contributed by atoms with Crippen LogP contribution in [-0.4, -0.2) is 26.1 Å². The maximum Gasteiger partial charge on any atom is 0.288 e. The lowest BCUT2D eigenvalue weighted by atomic mass is 10.2. The highest BCUT2D eigenvalue weighted by Crippen LogP contribution is 2.32. The number of amides is 1. The van der Waals surface area contributed by atoms with Gasteiger partial charge in [-0.3, -0.25) is 4.79 Å². The molecule has 10 heteroatoms. The first kappa shape index (κ1) is 19.7. The highest BCUT2D eigenvalue weighted by atomic mass is 32.2. The SMILES string of the molecule is O=C(Nc1ccccc1SC(F)F)c1ccc(F)c(S(=O)(=O)NC2CC2)c1. The molecule has 0 bridgehead atoms. The van der Waals surface area contributed by atoms with Gasteiger partial charge in [0.15, 0.2) is 0 Å². The van der Waals surface area contributed by atoms with Gasteiger partial charge in [0.25, 0.3) is 11.7 Å². The smallest absolute Gasteiger partial charge is 0.288 e. The van der Waals surface area contributed by atoms with Crippen molar-refractivity contribution in [3.8, 4) is 0 Å². The molecule has 1 aliphatic rings. The minimum atomic E-state index is -4.09. The van der Waals surface area contributed by atoms with Crippen molar-refractivity contribution in [2.24, 2.45) is 0 Å². The van der Waals surface area contributed by atoms with Crippen molar-refractivity contribution in [2.75, 3.05) is 5.32 Å². The van der Waals surface area contributed by atoms with Crippen LogP contribution in [0.5, 0.6) is 0 Å². The Kier molecular flexibility index (Phi) is 5.78. The fraction of sp³-hybridized carbons (Fsp3) is 0.235. The second-order valence-corrected chi connectivity index (χ2v) is 8.58. The molecule has 144 valence electrons. The topological polar surface area (TPSA) is 75.3 Å². The highest BCUT2D eigenvalue weighted by molar-refractivity contribution is 7.99. The van der Waals surface area contributed by atoms with Gasteiger partial charge < -0.3 is 5.32 Å². The fourth-order valence-corrected chi connectivity index (χ4v) is 4.30. The van der Waals surface area contributed by atoms with E-state index in [-0.39, 0.29) is 34.0 Å². The monoisotopic (exact) mass is 416 g/mol. The van der Waals surface area contributed by atoms with Crippen molar-refractivity contribution in [2.45, 2.75) is 34.4 Å². The van der Waals surface area contributed by atoms with Crippen LogP contribution in [0.1, 0.15) is 23.2 Å². The molecular weight excluding hydrogens is 401 g/mol. The Morgan fingerprint density at radius 3 is 2.52 bits per heavy atom. The van der Waals surface area contributed by atoms with E-state index in [1.165, 1.54) is 12.1 Å². The lowest BCUT2D eigenvalue weighted by Gasteiger charge is -2.12. The third-order valence-electron chi connectivity index (χ3n) is 3.73. The molecule has 0 radical (unpaired) electrons. The molecule has 0 heterocycles. The third-order valence-corrected chi connectivity index (χ3v) is 6.06. The number of hydrogen-bond donors (Lipinski definition) is 2. The van der Waals surface area contributed by atoms with E-state index in [0.717, 1.165) is 18.2 Å². The molecule has 2 aromatic carbocycles. The molecule has 1 amide bonds. The number of alkyl halides is 2. The Balaban J connectivity index is 1.85. The number of halogens is 3. The zero-order valence-electron chi connectivity index (χ0n) is 13.8. The van der Waals surface area contributed by atoms with Crippen molar-refractivity contribution in [3.63, 3.8) is 0 Å². The Labute approximate surface area is 158 Å². The van der Waals surface area contributed by atoms with Crippen LogP contribution >= 0.6 is 11.8 Å². The predicted molar refractivity (Wildman–Crippen MR) is 96.0 cm³/mol. The zero-order chi connectivity index (χ0) is 19.6. The van der Waals surface area contributed by atoms with E-state index in [0.29, 0.717) is 12.8 Å². The van der Waals surface area contributed by atoms with Gasteiger partial charge in [-0.2, -0.15) is 8.78 Å². The highest BCUT2D eigenvalue weighted by Gasteiger charge is 2.30. The standard InChI is InChI=1S/C17H15F3N2O3S2/c18-12-8-5-10(9-15(12)27(24,25)22-11-6-7-11)16(23)21-13-3-1-2-4-14(13)26-17(19)20/h1-5,8-9,11,17,22H,6-7H2,(H,21,23). The summed E-state index contributed by atoms with van der Waals surface area (Å²) in [5, 5.41) is 2.45. The van der Waals surface area contributed by atoms with Gasteiger partial charge >= 0.3 is 0 Å². The quantitative estimate of drug-likeness (QED) is 0.673. The maximum atomic E-state index is 14.0. The molecule has 5 nitrogen and oxygen atoms in total. The van der Waals surface area contributed by atoms with Gasteiger partial charge in [0.1, 0.15) is 10.7 Å². The van der Waals surface area contributed by atoms with Gasteiger partial charge in [-0.1, -0.05) is 23.9 Å². The maximum absolute atomic E-state index is 14.0. The number of carbonyl (C=O) groups is 1. The number of hydrogen-bond acceptors (Lipinski definition) is 4. The largest absolute Gasteiger partial charge is 0.321 e. The van der Waals surface area contributed by atoms with Crippen LogP contribution in [0.15, 0.2) is 52.3 Å². The molecule has 27 heavy (non-hydrogen) atoms. The fourth-order valence-electron chi connectivity index (χ4n) is 2.30. The first-order valence-electron chi connectivity index (χ1n) is 7.93. The summed E-state index contributed by atoms with van der Waals surface area (Å²) in [6.45, 7) is 0. The van der Waals surface area contributed by atoms with E-state index in [4.69, 9.17) is 0 Å². The van der Waals surface area contributed by atoms with E-state index in [1.807, 2.05) is 0 Å². The average molecular weight is 416 g/mol.